The fourth-order valence-electron chi connectivity index (χ4n) is 3.57. The van der Waals surface area contributed by atoms with Crippen LogP contribution in [0.15, 0.2) is 24.3 Å². The highest BCUT2D eigenvalue weighted by molar-refractivity contribution is 7.93. The number of hydrogen-bond donors (Lipinski definition) is 2. The third-order valence-electron chi connectivity index (χ3n) is 4.80. The topological polar surface area (TPSA) is 92.5 Å². The molecule has 2 aliphatic rings. The number of anilines is 2. The van der Waals surface area contributed by atoms with E-state index in [-0.39, 0.29) is 35.9 Å². The molecule has 1 amide bonds. The molecule has 1 aliphatic carbocycles. The van der Waals surface area contributed by atoms with Crippen LogP contribution < -0.4 is 15.4 Å². The van der Waals surface area contributed by atoms with Gasteiger partial charge in [0.05, 0.1) is 11.4 Å². The summed E-state index contributed by atoms with van der Waals surface area (Å²) in [6.07, 6.45) is 3.54. The van der Waals surface area contributed by atoms with Crippen LogP contribution in [0.5, 0.6) is 0 Å². The molecule has 2 atom stereocenters. The molecule has 0 spiro atoms. The second-order valence-electron chi connectivity index (χ2n) is 6.31. The monoisotopic (exact) mass is 373 g/mol. The van der Waals surface area contributed by atoms with Gasteiger partial charge in [-0.25, -0.2) is 8.42 Å². The average Bonchev–Trinajstić information content (AvgIpc) is 3.13. The molecule has 2 fully saturated rings. The minimum atomic E-state index is -3.21. The molecular formula is C16H24ClN3O3S. The first-order valence-corrected chi connectivity index (χ1v) is 9.73. The zero-order valence-corrected chi connectivity index (χ0v) is 15.1. The molecule has 1 saturated heterocycles. The van der Waals surface area contributed by atoms with Gasteiger partial charge in [0, 0.05) is 18.2 Å². The van der Waals surface area contributed by atoms with E-state index in [9.17, 15) is 13.2 Å². The highest BCUT2D eigenvalue weighted by Crippen LogP contribution is 2.32. The normalized spacial score (nSPS) is 25.3. The van der Waals surface area contributed by atoms with Crippen molar-refractivity contribution in [3.63, 3.8) is 0 Å². The predicted molar refractivity (Wildman–Crippen MR) is 98.0 cm³/mol. The Morgan fingerprint density at radius 3 is 2.75 bits per heavy atom. The van der Waals surface area contributed by atoms with Gasteiger partial charge in [0.2, 0.25) is 15.9 Å². The Morgan fingerprint density at radius 2 is 2.08 bits per heavy atom. The van der Waals surface area contributed by atoms with Crippen molar-refractivity contribution in [3.05, 3.63) is 24.3 Å². The molecule has 134 valence electrons. The molecule has 3 rings (SSSR count). The van der Waals surface area contributed by atoms with Gasteiger partial charge in [0.25, 0.3) is 0 Å². The minimum Gasteiger partial charge on any atom is -0.330 e. The van der Waals surface area contributed by atoms with Gasteiger partial charge < -0.3 is 11.1 Å². The molecule has 1 aromatic rings. The number of amides is 1. The Bertz CT molecular complexity index is 696. The first-order valence-electron chi connectivity index (χ1n) is 8.12. The number of carbonyl (C=O) groups excluding carboxylic acids is 1. The summed E-state index contributed by atoms with van der Waals surface area (Å²) < 4.78 is 25.4. The van der Waals surface area contributed by atoms with Gasteiger partial charge in [-0.05, 0) is 49.9 Å². The lowest BCUT2D eigenvalue weighted by molar-refractivity contribution is -0.120. The van der Waals surface area contributed by atoms with E-state index >= 15 is 0 Å². The van der Waals surface area contributed by atoms with Gasteiger partial charge in [0.15, 0.2) is 0 Å². The predicted octanol–water partition coefficient (Wildman–Crippen LogP) is 1.96. The molecule has 24 heavy (non-hydrogen) atoms. The van der Waals surface area contributed by atoms with Crippen molar-refractivity contribution >= 4 is 39.7 Å². The highest BCUT2D eigenvalue weighted by Gasteiger charge is 2.32. The van der Waals surface area contributed by atoms with Gasteiger partial charge >= 0.3 is 0 Å². The summed E-state index contributed by atoms with van der Waals surface area (Å²) >= 11 is 0. The van der Waals surface area contributed by atoms with Crippen molar-refractivity contribution in [2.75, 3.05) is 28.5 Å². The van der Waals surface area contributed by atoms with E-state index in [1.165, 1.54) is 4.31 Å². The number of sulfonamides is 1. The summed E-state index contributed by atoms with van der Waals surface area (Å²) in [6.45, 7) is 1.03. The number of benzene rings is 1. The van der Waals surface area contributed by atoms with Crippen molar-refractivity contribution in [2.24, 2.45) is 17.6 Å². The SMILES string of the molecule is Cl.NC[C@H]1CCC[C@H]1C(=O)Nc1cccc(N2CCCS2(=O)=O)c1. The van der Waals surface area contributed by atoms with E-state index in [0.29, 0.717) is 30.9 Å². The quantitative estimate of drug-likeness (QED) is 0.843. The first-order chi connectivity index (χ1) is 11.0. The highest BCUT2D eigenvalue weighted by atomic mass is 35.5. The number of nitrogens with one attached hydrogen (secondary N) is 1. The lowest BCUT2D eigenvalue weighted by Gasteiger charge is -2.20. The summed E-state index contributed by atoms with van der Waals surface area (Å²) in [4.78, 5) is 12.4. The minimum absolute atomic E-state index is 0. The van der Waals surface area contributed by atoms with Crippen LogP contribution in [0.2, 0.25) is 0 Å². The standard InChI is InChI=1S/C16H23N3O3S.ClH/c17-11-12-4-1-7-15(12)16(20)18-13-5-2-6-14(10-13)19-8-3-9-23(19,21)22;/h2,5-6,10,12,15H,1,3-4,7-9,11,17H2,(H,18,20);1H/t12-,15-;/m1./s1. The largest absolute Gasteiger partial charge is 0.330 e. The number of carbonyl (C=O) groups is 1. The summed E-state index contributed by atoms with van der Waals surface area (Å²) in [5.41, 5.74) is 6.99. The van der Waals surface area contributed by atoms with Crippen molar-refractivity contribution in [1.29, 1.82) is 0 Å². The zero-order valence-electron chi connectivity index (χ0n) is 13.5. The van der Waals surface area contributed by atoms with Crippen LogP contribution in [0, 0.1) is 11.8 Å². The van der Waals surface area contributed by atoms with Crippen molar-refractivity contribution in [3.8, 4) is 0 Å². The zero-order chi connectivity index (χ0) is 16.4. The van der Waals surface area contributed by atoms with Gasteiger partial charge in [0.1, 0.15) is 0 Å². The summed E-state index contributed by atoms with van der Waals surface area (Å²) in [7, 11) is -3.21. The maximum atomic E-state index is 12.4. The molecule has 6 nitrogen and oxygen atoms in total. The van der Waals surface area contributed by atoms with Crippen LogP contribution in [0.4, 0.5) is 11.4 Å². The molecule has 1 aromatic carbocycles. The smallest absolute Gasteiger partial charge is 0.235 e. The lowest BCUT2D eigenvalue weighted by atomic mass is 9.95. The molecule has 0 radical (unpaired) electrons. The van der Waals surface area contributed by atoms with E-state index in [2.05, 4.69) is 5.32 Å². The van der Waals surface area contributed by atoms with E-state index in [4.69, 9.17) is 5.73 Å². The Hall–Kier alpha value is -1.31. The van der Waals surface area contributed by atoms with Crippen molar-refractivity contribution in [2.45, 2.75) is 25.7 Å². The number of nitrogens with two attached hydrogens (primary N) is 1. The molecular weight excluding hydrogens is 350 g/mol. The van der Waals surface area contributed by atoms with Crippen molar-refractivity contribution < 1.29 is 13.2 Å². The van der Waals surface area contributed by atoms with E-state index in [1.54, 1.807) is 24.3 Å². The molecule has 1 aliphatic heterocycles. The number of hydrogen-bond acceptors (Lipinski definition) is 4. The van der Waals surface area contributed by atoms with Gasteiger partial charge in [-0.2, -0.15) is 0 Å². The van der Waals surface area contributed by atoms with Crippen LogP contribution in [0.25, 0.3) is 0 Å². The molecule has 1 saturated carbocycles. The van der Waals surface area contributed by atoms with E-state index in [0.717, 1.165) is 19.3 Å². The van der Waals surface area contributed by atoms with Crippen LogP contribution >= 0.6 is 12.4 Å². The summed E-state index contributed by atoms with van der Waals surface area (Å²) in [6, 6.07) is 7.05. The van der Waals surface area contributed by atoms with Gasteiger partial charge in [-0.15, -0.1) is 12.4 Å². The molecule has 3 N–H and O–H groups in total. The Labute approximate surface area is 149 Å². The average molecular weight is 374 g/mol. The summed E-state index contributed by atoms with van der Waals surface area (Å²) in [5.74, 6) is 0.375. The number of halogens is 1. The van der Waals surface area contributed by atoms with Crippen LogP contribution in [0.3, 0.4) is 0 Å². The molecule has 1 heterocycles. The molecule has 0 unspecified atom stereocenters. The van der Waals surface area contributed by atoms with Crippen LogP contribution in [-0.2, 0) is 14.8 Å². The molecule has 0 bridgehead atoms. The second kappa shape index (κ2) is 7.72. The van der Waals surface area contributed by atoms with Crippen molar-refractivity contribution in [1.82, 2.24) is 0 Å². The fourth-order valence-corrected chi connectivity index (χ4v) is 5.12. The fraction of sp³-hybridized carbons (Fsp3) is 0.562. The number of nitrogens with zero attached hydrogens (tertiary/aromatic N) is 1. The third-order valence-corrected chi connectivity index (χ3v) is 6.67. The first kappa shape index (κ1) is 19.0. The number of rotatable bonds is 4. The summed E-state index contributed by atoms with van der Waals surface area (Å²) in [5, 5.41) is 2.92. The van der Waals surface area contributed by atoms with E-state index < -0.39 is 10.0 Å². The van der Waals surface area contributed by atoms with Crippen LogP contribution in [0.1, 0.15) is 25.7 Å². The maximum Gasteiger partial charge on any atom is 0.235 e. The second-order valence-corrected chi connectivity index (χ2v) is 8.33. The lowest BCUT2D eigenvalue weighted by Crippen LogP contribution is -2.30. The molecule has 0 aromatic heterocycles. The van der Waals surface area contributed by atoms with Crippen LogP contribution in [-0.4, -0.2) is 33.2 Å². The third kappa shape index (κ3) is 3.84. The van der Waals surface area contributed by atoms with E-state index in [1.807, 2.05) is 0 Å². The molecule has 8 heteroatoms. The Morgan fingerprint density at radius 1 is 1.29 bits per heavy atom. The van der Waals surface area contributed by atoms with Gasteiger partial charge in [-0.1, -0.05) is 12.5 Å². The Kier molecular flexibility index (Phi) is 6.11. The van der Waals surface area contributed by atoms with Gasteiger partial charge in [-0.3, -0.25) is 9.10 Å². The Balaban J connectivity index is 0.00000208. The maximum absolute atomic E-state index is 12.4.